The maximum absolute atomic E-state index is 11.3. The van der Waals surface area contributed by atoms with Crippen molar-refractivity contribution < 1.29 is 9.53 Å². The largest absolute Gasteiger partial charge is 0.462 e. The molecule has 2 heteroatoms. The van der Waals surface area contributed by atoms with E-state index < -0.39 is 0 Å². The molecule has 0 heterocycles. The molecular formula is C18H30O2. The number of carbonyl (C=O) groups excluding carboxylic acids is 1. The van der Waals surface area contributed by atoms with E-state index in [0.29, 0.717) is 17.3 Å². The van der Waals surface area contributed by atoms with Crippen LogP contribution >= 0.6 is 0 Å². The molecule has 114 valence electrons. The summed E-state index contributed by atoms with van der Waals surface area (Å²) >= 11 is 0. The first-order valence-corrected chi connectivity index (χ1v) is 8.03. The number of allylic oxidation sites excluding steroid dienone is 2. The lowest BCUT2D eigenvalue weighted by molar-refractivity contribution is -0.156. The Kier molecular flexibility index (Phi) is 4.05. The third kappa shape index (κ3) is 2.66. The third-order valence-electron chi connectivity index (χ3n) is 6.17. The number of rotatable bonds is 2. The fraction of sp³-hybridized carbons (Fsp3) is 0.833. The van der Waals surface area contributed by atoms with Crippen LogP contribution in [-0.2, 0) is 9.53 Å². The molecule has 0 aromatic carbocycles. The topological polar surface area (TPSA) is 26.3 Å². The molecule has 0 amide bonds. The van der Waals surface area contributed by atoms with E-state index in [1.807, 2.05) is 0 Å². The maximum Gasteiger partial charge on any atom is 0.302 e. The molecule has 0 saturated heterocycles. The highest BCUT2D eigenvalue weighted by molar-refractivity contribution is 5.66. The van der Waals surface area contributed by atoms with Gasteiger partial charge in [-0.25, -0.2) is 0 Å². The predicted molar refractivity (Wildman–Crippen MR) is 82.3 cm³/mol. The summed E-state index contributed by atoms with van der Waals surface area (Å²) < 4.78 is 5.55. The van der Waals surface area contributed by atoms with Gasteiger partial charge in [0.25, 0.3) is 0 Å². The number of carbonyl (C=O) groups is 1. The van der Waals surface area contributed by atoms with Gasteiger partial charge in [-0.05, 0) is 49.9 Å². The van der Waals surface area contributed by atoms with Crippen molar-refractivity contribution in [1.29, 1.82) is 0 Å². The Bertz CT molecular complexity index is 421. The van der Waals surface area contributed by atoms with E-state index in [9.17, 15) is 4.79 Å². The molecule has 0 aliphatic heterocycles. The molecule has 2 aliphatic rings. The zero-order valence-corrected chi connectivity index (χ0v) is 14.0. The van der Waals surface area contributed by atoms with E-state index in [-0.39, 0.29) is 17.5 Å². The summed E-state index contributed by atoms with van der Waals surface area (Å²) in [4.78, 5) is 11.3. The summed E-state index contributed by atoms with van der Waals surface area (Å²) in [5.74, 6) is 1.05. The average Bonchev–Trinajstić information content (AvgIpc) is 2.31. The minimum atomic E-state index is -0.157. The molecule has 0 spiro atoms. The predicted octanol–water partition coefficient (Wildman–Crippen LogP) is 4.74. The number of hydrogen-bond donors (Lipinski definition) is 0. The highest BCUT2D eigenvalue weighted by Gasteiger charge is 2.49. The van der Waals surface area contributed by atoms with Gasteiger partial charge in [-0.3, -0.25) is 4.79 Å². The smallest absolute Gasteiger partial charge is 0.302 e. The SMILES string of the molecule is CC(=O)OC(C)C1(C)CC2C(=CCCC2(C)C)CC1C. The summed E-state index contributed by atoms with van der Waals surface area (Å²) in [5, 5.41) is 0. The fourth-order valence-electron chi connectivity index (χ4n) is 4.26. The lowest BCUT2D eigenvalue weighted by Crippen LogP contribution is -2.47. The monoisotopic (exact) mass is 278 g/mol. The summed E-state index contributed by atoms with van der Waals surface area (Å²) in [5.41, 5.74) is 2.12. The second-order valence-electron chi connectivity index (χ2n) is 7.93. The normalized spacial score (nSPS) is 37.6. The molecule has 0 N–H and O–H groups in total. The Labute approximate surface area is 124 Å². The molecular weight excluding hydrogens is 248 g/mol. The molecule has 2 nitrogen and oxygen atoms in total. The molecule has 2 aliphatic carbocycles. The van der Waals surface area contributed by atoms with Gasteiger partial charge in [-0.15, -0.1) is 0 Å². The molecule has 0 radical (unpaired) electrons. The van der Waals surface area contributed by atoms with Gasteiger partial charge in [0.1, 0.15) is 6.10 Å². The number of hydrogen-bond acceptors (Lipinski definition) is 2. The lowest BCUT2D eigenvalue weighted by Gasteiger charge is -2.53. The van der Waals surface area contributed by atoms with Crippen molar-refractivity contribution in [2.24, 2.45) is 22.7 Å². The summed E-state index contributed by atoms with van der Waals surface area (Å²) in [7, 11) is 0. The minimum Gasteiger partial charge on any atom is -0.462 e. The van der Waals surface area contributed by atoms with E-state index in [1.165, 1.54) is 19.8 Å². The Hall–Kier alpha value is -0.790. The van der Waals surface area contributed by atoms with Crippen LogP contribution in [0.2, 0.25) is 0 Å². The zero-order chi connectivity index (χ0) is 15.1. The third-order valence-corrected chi connectivity index (χ3v) is 6.17. The second kappa shape index (κ2) is 5.20. The van der Waals surface area contributed by atoms with Crippen LogP contribution in [0.1, 0.15) is 67.2 Å². The maximum atomic E-state index is 11.3. The van der Waals surface area contributed by atoms with E-state index >= 15 is 0 Å². The van der Waals surface area contributed by atoms with E-state index in [1.54, 1.807) is 5.57 Å². The molecule has 4 atom stereocenters. The number of fused-ring (bicyclic) bond motifs is 1. The fourth-order valence-corrected chi connectivity index (χ4v) is 4.26. The van der Waals surface area contributed by atoms with Crippen molar-refractivity contribution in [3.05, 3.63) is 11.6 Å². The highest BCUT2D eigenvalue weighted by atomic mass is 16.5. The van der Waals surface area contributed by atoms with Crippen molar-refractivity contribution in [3.63, 3.8) is 0 Å². The van der Waals surface area contributed by atoms with Crippen molar-refractivity contribution >= 4 is 5.97 Å². The van der Waals surface area contributed by atoms with Crippen molar-refractivity contribution in [1.82, 2.24) is 0 Å². The van der Waals surface area contributed by atoms with Crippen molar-refractivity contribution in [2.45, 2.75) is 73.3 Å². The van der Waals surface area contributed by atoms with Gasteiger partial charge >= 0.3 is 5.97 Å². The first-order chi connectivity index (χ1) is 9.17. The molecule has 1 saturated carbocycles. The van der Waals surface area contributed by atoms with Gasteiger partial charge in [0, 0.05) is 12.3 Å². The quantitative estimate of drug-likeness (QED) is 0.539. The van der Waals surface area contributed by atoms with Crippen LogP contribution < -0.4 is 0 Å². The molecule has 20 heavy (non-hydrogen) atoms. The summed E-state index contributed by atoms with van der Waals surface area (Å²) in [6.45, 7) is 13.0. The second-order valence-corrected chi connectivity index (χ2v) is 7.93. The Morgan fingerprint density at radius 3 is 2.65 bits per heavy atom. The van der Waals surface area contributed by atoms with Crippen LogP contribution in [0.4, 0.5) is 0 Å². The van der Waals surface area contributed by atoms with Crippen LogP contribution in [-0.4, -0.2) is 12.1 Å². The standard InChI is InChI=1S/C18H30O2/c1-12-10-15-8-7-9-17(4,5)16(15)11-18(12,6)13(2)20-14(3)19/h8,12-13,16H,7,9-11H2,1-6H3. The van der Waals surface area contributed by atoms with Gasteiger partial charge in [-0.2, -0.15) is 0 Å². The van der Waals surface area contributed by atoms with Crippen LogP contribution in [0, 0.1) is 22.7 Å². The van der Waals surface area contributed by atoms with Crippen LogP contribution in [0.25, 0.3) is 0 Å². The molecule has 0 bridgehead atoms. The first-order valence-electron chi connectivity index (χ1n) is 8.03. The van der Waals surface area contributed by atoms with Crippen molar-refractivity contribution in [2.75, 3.05) is 0 Å². The Balaban J connectivity index is 2.26. The van der Waals surface area contributed by atoms with E-state index in [2.05, 4.69) is 40.7 Å². The first kappa shape index (κ1) is 15.6. The average molecular weight is 278 g/mol. The van der Waals surface area contributed by atoms with Crippen LogP contribution in [0.5, 0.6) is 0 Å². The molecule has 4 unspecified atom stereocenters. The summed E-state index contributed by atoms with van der Waals surface area (Å²) in [6.07, 6.45) is 7.27. The zero-order valence-electron chi connectivity index (χ0n) is 14.0. The van der Waals surface area contributed by atoms with Crippen LogP contribution in [0.15, 0.2) is 11.6 Å². The number of esters is 1. The molecule has 0 aromatic heterocycles. The van der Waals surface area contributed by atoms with Gasteiger partial charge in [0.15, 0.2) is 0 Å². The van der Waals surface area contributed by atoms with Gasteiger partial charge in [-0.1, -0.05) is 39.3 Å². The highest BCUT2D eigenvalue weighted by Crippen LogP contribution is 2.56. The molecule has 1 fully saturated rings. The lowest BCUT2D eigenvalue weighted by atomic mass is 9.53. The van der Waals surface area contributed by atoms with Crippen molar-refractivity contribution in [3.8, 4) is 0 Å². The minimum absolute atomic E-state index is 0.00530. The van der Waals surface area contributed by atoms with Gasteiger partial charge < -0.3 is 4.74 Å². The molecule has 0 aromatic rings. The Morgan fingerprint density at radius 2 is 2.05 bits per heavy atom. The van der Waals surface area contributed by atoms with Gasteiger partial charge in [0.05, 0.1) is 0 Å². The Morgan fingerprint density at radius 1 is 1.40 bits per heavy atom. The summed E-state index contributed by atoms with van der Waals surface area (Å²) in [6, 6.07) is 0. The molecule has 2 rings (SSSR count). The van der Waals surface area contributed by atoms with E-state index in [0.717, 1.165) is 12.8 Å². The van der Waals surface area contributed by atoms with Gasteiger partial charge in [0.2, 0.25) is 0 Å². The van der Waals surface area contributed by atoms with Crippen LogP contribution in [0.3, 0.4) is 0 Å². The number of ether oxygens (including phenoxy) is 1. The van der Waals surface area contributed by atoms with E-state index in [4.69, 9.17) is 4.74 Å².